The molecule has 1 aliphatic heterocycles. The molecule has 0 radical (unpaired) electrons. The van der Waals surface area contributed by atoms with Crippen molar-refractivity contribution in [1.82, 2.24) is 9.88 Å². The topological polar surface area (TPSA) is 54.8 Å². The first-order valence-corrected chi connectivity index (χ1v) is 13.4. The van der Waals surface area contributed by atoms with E-state index in [4.69, 9.17) is 21.3 Å². The van der Waals surface area contributed by atoms with Gasteiger partial charge in [0.2, 0.25) is 5.13 Å². The van der Waals surface area contributed by atoms with E-state index < -0.39 is 0 Å². The fourth-order valence-corrected chi connectivity index (χ4v) is 5.96. The quantitative estimate of drug-likeness (QED) is 0.327. The Morgan fingerprint density at radius 1 is 1.12 bits per heavy atom. The lowest BCUT2D eigenvalue weighted by atomic mass is 9.94. The summed E-state index contributed by atoms with van der Waals surface area (Å²) >= 11 is 9.12. The number of aliphatic imine (C=N–C) groups is 1. The fraction of sp³-hybridized carbons (Fsp3) is 0.269. The second kappa shape index (κ2) is 10.8. The van der Waals surface area contributed by atoms with Crippen molar-refractivity contribution in [3.8, 4) is 5.75 Å². The van der Waals surface area contributed by atoms with Crippen LogP contribution >= 0.6 is 34.7 Å². The summed E-state index contributed by atoms with van der Waals surface area (Å²) in [4.78, 5) is 25.0. The SMILES string of the molecule is O=C1/C(=C/c2ccc(OCc3ccccc3Cl)cc2)S/C(=N/c2nccs2)N1C1CCCCC1. The third kappa shape index (κ3) is 5.37. The lowest BCUT2D eigenvalue weighted by Crippen LogP contribution is -2.40. The second-order valence-electron chi connectivity index (χ2n) is 8.24. The van der Waals surface area contributed by atoms with Crippen LogP contribution in [0.15, 0.2) is 70.0 Å². The molecule has 2 aromatic carbocycles. The number of carbonyl (C=O) groups is 1. The number of aromatic nitrogens is 1. The number of thiazole rings is 1. The minimum absolute atomic E-state index is 0.0336. The molecule has 8 heteroatoms. The molecule has 2 fully saturated rings. The zero-order valence-corrected chi connectivity index (χ0v) is 20.9. The van der Waals surface area contributed by atoms with Crippen molar-refractivity contribution >= 4 is 57.0 Å². The Balaban J connectivity index is 1.33. The molecule has 1 saturated carbocycles. The van der Waals surface area contributed by atoms with Gasteiger partial charge in [-0.15, -0.1) is 11.3 Å². The Bertz CT molecular complexity index is 1200. The molecule has 5 rings (SSSR count). The van der Waals surface area contributed by atoms with E-state index in [0.29, 0.717) is 21.7 Å². The molecule has 2 aliphatic rings. The highest BCUT2D eigenvalue weighted by molar-refractivity contribution is 8.18. The van der Waals surface area contributed by atoms with E-state index in [2.05, 4.69) is 4.98 Å². The summed E-state index contributed by atoms with van der Waals surface area (Å²) in [5.74, 6) is 0.786. The first kappa shape index (κ1) is 23.1. The number of rotatable bonds is 6. The van der Waals surface area contributed by atoms with Crippen LogP contribution in [0.4, 0.5) is 5.13 Å². The van der Waals surface area contributed by atoms with Gasteiger partial charge in [-0.2, -0.15) is 4.99 Å². The van der Waals surface area contributed by atoms with Gasteiger partial charge >= 0.3 is 0 Å². The summed E-state index contributed by atoms with van der Waals surface area (Å²) in [5, 5.41) is 4.01. The number of carbonyl (C=O) groups excluding carboxylic acids is 1. The third-order valence-electron chi connectivity index (χ3n) is 5.92. The third-order valence-corrected chi connectivity index (χ3v) is 7.93. The standard InChI is InChI=1S/C26H24ClN3O2S2/c27-22-9-5-4-6-19(22)17-32-21-12-10-18(11-13-21)16-23-24(31)30(20-7-2-1-3-8-20)26(34-23)29-25-28-14-15-33-25/h4-6,9-16,20H,1-3,7-8,17H2/b23-16-,29-26+. The summed E-state index contributed by atoms with van der Waals surface area (Å²) in [6.07, 6.45) is 9.25. The molecular weight excluding hydrogens is 486 g/mol. The van der Waals surface area contributed by atoms with Crippen LogP contribution in [-0.4, -0.2) is 27.0 Å². The van der Waals surface area contributed by atoms with Gasteiger partial charge in [0, 0.05) is 28.2 Å². The van der Waals surface area contributed by atoms with Crippen LogP contribution in [0.1, 0.15) is 43.2 Å². The number of benzene rings is 2. The molecular formula is C26H24ClN3O2S2. The van der Waals surface area contributed by atoms with Crippen molar-refractivity contribution < 1.29 is 9.53 Å². The van der Waals surface area contributed by atoms with Crippen LogP contribution in [0.25, 0.3) is 6.08 Å². The van der Waals surface area contributed by atoms with E-state index >= 15 is 0 Å². The number of hydrogen-bond donors (Lipinski definition) is 0. The molecule has 0 spiro atoms. The van der Waals surface area contributed by atoms with Gasteiger partial charge in [0.05, 0.1) is 4.91 Å². The molecule has 0 atom stereocenters. The molecule has 1 aliphatic carbocycles. The minimum atomic E-state index is 0.0336. The summed E-state index contributed by atoms with van der Waals surface area (Å²) < 4.78 is 5.88. The van der Waals surface area contributed by atoms with E-state index in [1.165, 1.54) is 29.5 Å². The maximum Gasteiger partial charge on any atom is 0.267 e. The van der Waals surface area contributed by atoms with Crippen LogP contribution in [0.3, 0.4) is 0 Å². The second-order valence-corrected chi connectivity index (χ2v) is 10.5. The average molecular weight is 510 g/mol. The largest absolute Gasteiger partial charge is 0.489 e. The monoisotopic (exact) mass is 509 g/mol. The van der Waals surface area contributed by atoms with Gasteiger partial charge < -0.3 is 4.74 Å². The molecule has 2 heterocycles. The zero-order chi connectivity index (χ0) is 23.3. The highest BCUT2D eigenvalue weighted by atomic mass is 35.5. The van der Waals surface area contributed by atoms with E-state index in [-0.39, 0.29) is 11.9 Å². The minimum Gasteiger partial charge on any atom is -0.489 e. The van der Waals surface area contributed by atoms with Gasteiger partial charge in [0.1, 0.15) is 12.4 Å². The number of thioether (sulfide) groups is 1. The van der Waals surface area contributed by atoms with Crippen LogP contribution in [0.5, 0.6) is 5.75 Å². The van der Waals surface area contributed by atoms with Crippen molar-refractivity contribution in [2.24, 2.45) is 4.99 Å². The van der Waals surface area contributed by atoms with E-state index in [0.717, 1.165) is 47.7 Å². The highest BCUT2D eigenvalue weighted by Crippen LogP contribution is 2.38. The fourth-order valence-electron chi connectivity index (χ4n) is 4.17. The Labute approximate surface area is 212 Å². The molecule has 1 aromatic heterocycles. The molecule has 3 aromatic rings. The van der Waals surface area contributed by atoms with Crippen molar-refractivity contribution in [1.29, 1.82) is 0 Å². The summed E-state index contributed by atoms with van der Waals surface area (Å²) in [5.41, 5.74) is 1.89. The number of ether oxygens (including phenoxy) is 1. The molecule has 34 heavy (non-hydrogen) atoms. The Kier molecular flexibility index (Phi) is 7.33. The van der Waals surface area contributed by atoms with Gasteiger partial charge in [-0.25, -0.2) is 4.98 Å². The number of halogens is 1. The first-order chi connectivity index (χ1) is 16.7. The van der Waals surface area contributed by atoms with E-state index in [9.17, 15) is 4.79 Å². The highest BCUT2D eigenvalue weighted by Gasteiger charge is 2.38. The summed E-state index contributed by atoms with van der Waals surface area (Å²) in [6.45, 7) is 0.404. The molecule has 0 bridgehead atoms. The van der Waals surface area contributed by atoms with Crippen LogP contribution in [-0.2, 0) is 11.4 Å². The molecule has 0 unspecified atom stereocenters. The van der Waals surface area contributed by atoms with Gasteiger partial charge in [0.15, 0.2) is 5.17 Å². The summed E-state index contributed by atoms with van der Waals surface area (Å²) in [7, 11) is 0. The average Bonchev–Trinajstić information content (AvgIpc) is 3.48. The van der Waals surface area contributed by atoms with Crippen LogP contribution in [0.2, 0.25) is 5.02 Å². The van der Waals surface area contributed by atoms with Gasteiger partial charge in [-0.1, -0.05) is 61.2 Å². The molecule has 1 amide bonds. The lowest BCUT2D eigenvalue weighted by molar-refractivity contribution is -0.124. The maximum absolute atomic E-state index is 13.4. The van der Waals surface area contributed by atoms with E-state index in [1.807, 2.05) is 64.9 Å². The number of amidine groups is 1. The van der Waals surface area contributed by atoms with Gasteiger partial charge in [-0.3, -0.25) is 9.69 Å². The predicted octanol–water partition coefficient (Wildman–Crippen LogP) is 7.31. The Hall–Kier alpha value is -2.61. The van der Waals surface area contributed by atoms with Crippen molar-refractivity contribution in [3.05, 3.63) is 81.2 Å². The zero-order valence-electron chi connectivity index (χ0n) is 18.5. The molecule has 5 nitrogen and oxygen atoms in total. The Morgan fingerprint density at radius 3 is 2.65 bits per heavy atom. The molecule has 1 saturated heterocycles. The van der Waals surface area contributed by atoms with Crippen LogP contribution < -0.4 is 4.74 Å². The number of nitrogens with zero attached hydrogens (tertiary/aromatic N) is 3. The van der Waals surface area contributed by atoms with Crippen molar-refractivity contribution in [2.45, 2.75) is 44.8 Å². The van der Waals surface area contributed by atoms with Crippen LogP contribution in [0, 0.1) is 0 Å². The lowest BCUT2D eigenvalue weighted by Gasteiger charge is -2.30. The normalized spacial score (nSPS) is 19.3. The number of hydrogen-bond acceptors (Lipinski definition) is 6. The smallest absolute Gasteiger partial charge is 0.267 e. The van der Waals surface area contributed by atoms with E-state index in [1.54, 1.807) is 6.20 Å². The summed E-state index contributed by atoms with van der Waals surface area (Å²) in [6, 6.07) is 15.6. The maximum atomic E-state index is 13.4. The number of amides is 1. The van der Waals surface area contributed by atoms with Crippen molar-refractivity contribution in [3.63, 3.8) is 0 Å². The van der Waals surface area contributed by atoms with Gasteiger partial charge in [-0.05, 0) is 54.4 Å². The molecule has 174 valence electrons. The van der Waals surface area contributed by atoms with Gasteiger partial charge in [0.25, 0.3) is 5.91 Å². The first-order valence-electron chi connectivity index (χ1n) is 11.3. The predicted molar refractivity (Wildman–Crippen MR) is 141 cm³/mol. The molecule has 0 N–H and O–H groups in total. The van der Waals surface area contributed by atoms with Crippen molar-refractivity contribution in [2.75, 3.05) is 0 Å². The Morgan fingerprint density at radius 2 is 1.91 bits per heavy atom.